The minimum Gasteiger partial charge on any atom is -0.480 e. The summed E-state index contributed by atoms with van der Waals surface area (Å²) in [5.74, 6) is 5.67. The van der Waals surface area contributed by atoms with E-state index in [4.69, 9.17) is 27.9 Å². The van der Waals surface area contributed by atoms with Crippen molar-refractivity contribution in [3.63, 3.8) is 0 Å². The van der Waals surface area contributed by atoms with E-state index in [1.165, 1.54) is 7.11 Å². The second-order valence-corrected chi connectivity index (χ2v) is 8.90. The first kappa shape index (κ1) is 25.8. The summed E-state index contributed by atoms with van der Waals surface area (Å²) in [5, 5.41) is 22.3. The number of hydrogen-bond acceptors (Lipinski definition) is 7. The molecule has 12 heteroatoms. The number of amides is 1. The standard InChI is InChI=1S/C25H19Cl2N5O5/c1-36-24-21(23(33)30-25(15-28)11-12-25)29-22(19-10-7-17(26)14-20(19)27)31(24)18-8-5-16(6-9-18)4-2-3-13-37-32(34)35/h5-10,14H,3,11-13H2,1H3,(H,30,33). The number of carbonyl (C=O) groups is 1. The highest BCUT2D eigenvalue weighted by molar-refractivity contribution is 6.36. The third kappa shape index (κ3) is 5.78. The first-order valence-corrected chi connectivity index (χ1v) is 11.7. The molecule has 1 heterocycles. The van der Waals surface area contributed by atoms with Gasteiger partial charge in [0, 0.05) is 22.6 Å². The number of hydrogen-bond donors (Lipinski definition) is 1. The van der Waals surface area contributed by atoms with E-state index in [-0.39, 0.29) is 24.6 Å². The predicted octanol–water partition coefficient (Wildman–Crippen LogP) is 4.59. The van der Waals surface area contributed by atoms with E-state index >= 15 is 0 Å². The molecule has 0 radical (unpaired) electrons. The highest BCUT2D eigenvalue weighted by Gasteiger charge is 2.45. The number of nitrogens with zero attached hydrogens (tertiary/aromatic N) is 4. The van der Waals surface area contributed by atoms with E-state index in [1.807, 2.05) is 0 Å². The Morgan fingerprint density at radius 3 is 2.59 bits per heavy atom. The van der Waals surface area contributed by atoms with Gasteiger partial charge in [-0.1, -0.05) is 35.0 Å². The molecule has 1 aromatic heterocycles. The molecule has 3 aromatic rings. The van der Waals surface area contributed by atoms with Gasteiger partial charge < -0.3 is 14.9 Å². The van der Waals surface area contributed by atoms with E-state index in [1.54, 1.807) is 47.0 Å². The molecule has 37 heavy (non-hydrogen) atoms. The van der Waals surface area contributed by atoms with Crippen molar-refractivity contribution in [1.29, 1.82) is 5.26 Å². The highest BCUT2D eigenvalue weighted by atomic mass is 35.5. The molecular weight excluding hydrogens is 521 g/mol. The third-order valence-electron chi connectivity index (χ3n) is 5.51. The maximum Gasteiger partial charge on any atom is 0.294 e. The summed E-state index contributed by atoms with van der Waals surface area (Å²) in [6.07, 6.45) is 1.32. The zero-order valence-corrected chi connectivity index (χ0v) is 21.0. The molecule has 0 spiro atoms. The number of benzene rings is 2. The van der Waals surface area contributed by atoms with Gasteiger partial charge in [-0.3, -0.25) is 9.36 Å². The van der Waals surface area contributed by atoms with Crippen LogP contribution in [-0.2, 0) is 4.84 Å². The van der Waals surface area contributed by atoms with Gasteiger partial charge in [0.05, 0.1) is 23.9 Å². The second kappa shape index (κ2) is 10.8. The van der Waals surface area contributed by atoms with Gasteiger partial charge in [-0.05, 0) is 55.3 Å². The highest BCUT2D eigenvalue weighted by Crippen LogP contribution is 2.38. The third-order valence-corrected chi connectivity index (χ3v) is 6.06. The van der Waals surface area contributed by atoms with E-state index in [2.05, 4.69) is 33.0 Å². The summed E-state index contributed by atoms with van der Waals surface area (Å²) < 4.78 is 7.26. The normalized spacial score (nSPS) is 13.0. The van der Waals surface area contributed by atoms with E-state index in [9.17, 15) is 20.2 Å². The van der Waals surface area contributed by atoms with Crippen LogP contribution in [0.4, 0.5) is 0 Å². The molecule has 0 aliphatic heterocycles. The van der Waals surface area contributed by atoms with E-state index < -0.39 is 16.5 Å². The lowest BCUT2D eigenvalue weighted by molar-refractivity contribution is -0.757. The summed E-state index contributed by atoms with van der Waals surface area (Å²) in [4.78, 5) is 32.2. The summed E-state index contributed by atoms with van der Waals surface area (Å²) in [7, 11) is 1.42. The number of carbonyl (C=O) groups excluding carboxylic acids is 1. The molecule has 0 saturated heterocycles. The van der Waals surface area contributed by atoms with Gasteiger partial charge in [0.2, 0.25) is 5.88 Å². The van der Waals surface area contributed by atoms with Crippen molar-refractivity contribution < 1.29 is 19.5 Å². The number of halogens is 2. The molecule has 2 aromatic carbocycles. The quantitative estimate of drug-likeness (QED) is 0.191. The minimum atomic E-state index is -0.894. The zero-order valence-electron chi connectivity index (χ0n) is 19.5. The van der Waals surface area contributed by atoms with Gasteiger partial charge in [-0.15, -0.1) is 10.1 Å². The van der Waals surface area contributed by atoms with Gasteiger partial charge in [0.15, 0.2) is 5.69 Å². The number of imidazole rings is 1. The monoisotopic (exact) mass is 539 g/mol. The van der Waals surface area contributed by atoms with Crippen molar-refractivity contribution in [3.8, 4) is 40.9 Å². The maximum absolute atomic E-state index is 13.1. The second-order valence-electron chi connectivity index (χ2n) is 8.06. The zero-order chi connectivity index (χ0) is 26.6. The topological polar surface area (TPSA) is 132 Å². The molecule has 0 atom stereocenters. The molecule has 1 saturated carbocycles. The number of nitrogens with one attached hydrogen (secondary N) is 1. The lowest BCUT2D eigenvalue weighted by Gasteiger charge is -2.13. The van der Waals surface area contributed by atoms with Crippen LogP contribution in [0, 0.1) is 33.3 Å². The van der Waals surface area contributed by atoms with Crippen LogP contribution in [0.25, 0.3) is 17.1 Å². The van der Waals surface area contributed by atoms with Crippen LogP contribution in [0.1, 0.15) is 35.3 Å². The first-order valence-electron chi connectivity index (χ1n) is 11.0. The molecule has 1 aliphatic rings. The van der Waals surface area contributed by atoms with Crippen LogP contribution in [0.2, 0.25) is 10.0 Å². The molecule has 188 valence electrons. The summed E-state index contributed by atoms with van der Waals surface area (Å²) in [6.45, 7) is -0.118. The first-order chi connectivity index (χ1) is 17.8. The van der Waals surface area contributed by atoms with Crippen LogP contribution in [0.3, 0.4) is 0 Å². The van der Waals surface area contributed by atoms with Crippen LogP contribution in [0.15, 0.2) is 42.5 Å². The Labute approximate surface area is 221 Å². The predicted molar refractivity (Wildman–Crippen MR) is 135 cm³/mol. The maximum atomic E-state index is 13.1. The van der Waals surface area contributed by atoms with Crippen LogP contribution in [-0.4, -0.2) is 39.8 Å². The Morgan fingerprint density at radius 1 is 1.27 bits per heavy atom. The van der Waals surface area contributed by atoms with Crippen LogP contribution >= 0.6 is 23.2 Å². The largest absolute Gasteiger partial charge is 0.480 e. The van der Waals surface area contributed by atoms with Crippen molar-refractivity contribution >= 4 is 29.1 Å². The van der Waals surface area contributed by atoms with Gasteiger partial charge in [0.25, 0.3) is 11.0 Å². The molecule has 10 nitrogen and oxygen atoms in total. The Balaban J connectivity index is 1.74. The molecule has 4 rings (SSSR count). The number of ether oxygens (including phenoxy) is 1. The summed E-state index contributed by atoms with van der Waals surface area (Å²) in [6, 6.07) is 14.1. The van der Waals surface area contributed by atoms with Crippen molar-refractivity contribution in [1.82, 2.24) is 14.9 Å². The SMILES string of the molecule is COc1c(C(=O)NC2(C#N)CC2)nc(-c2ccc(Cl)cc2Cl)n1-c1ccc(C#CCCO[N+](=O)[O-])cc1. The lowest BCUT2D eigenvalue weighted by Crippen LogP contribution is -2.36. The smallest absolute Gasteiger partial charge is 0.294 e. The average molecular weight is 540 g/mol. The van der Waals surface area contributed by atoms with Crippen molar-refractivity contribution in [2.24, 2.45) is 0 Å². The molecule has 0 unspecified atom stereocenters. The molecular formula is C25H19Cl2N5O5. The summed E-state index contributed by atoms with van der Waals surface area (Å²) >= 11 is 12.6. The molecule has 1 N–H and O–H groups in total. The summed E-state index contributed by atoms with van der Waals surface area (Å²) in [5.41, 5.74) is 0.888. The number of rotatable bonds is 8. The number of aromatic nitrogens is 2. The van der Waals surface area contributed by atoms with Crippen molar-refractivity contribution in [2.75, 3.05) is 13.7 Å². The van der Waals surface area contributed by atoms with Crippen LogP contribution < -0.4 is 10.1 Å². The minimum absolute atomic E-state index is 0.000278. The fourth-order valence-electron chi connectivity index (χ4n) is 3.53. The molecule has 1 amide bonds. The molecule has 1 aliphatic carbocycles. The Bertz CT molecular complexity index is 1460. The van der Waals surface area contributed by atoms with Crippen molar-refractivity contribution in [3.05, 3.63) is 73.9 Å². The lowest BCUT2D eigenvalue weighted by atomic mass is 10.1. The van der Waals surface area contributed by atoms with Gasteiger partial charge in [-0.2, -0.15) is 5.26 Å². The average Bonchev–Trinajstić information content (AvgIpc) is 3.54. The Morgan fingerprint density at radius 2 is 2.00 bits per heavy atom. The molecule has 0 bridgehead atoms. The van der Waals surface area contributed by atoms with E-state index in [0.29, 0.717) is 45.5 Å². The Kier molecular flexibility index (Phi) is 7.53. The Hall–Kier alpha value is -4.25. The fourth-order valence-corrected chi connectivity index (χ4v) is 4.02. The van der Waals surface area contributed by atoms with Gasteiger partial charge >= 0.3 is 0 Å². The van der Waals surface area contributed by atoms with Crippen LogP contribution in [0.5, 0.6) is 5.88 Å². The number of nitriles is 1. The van der Waals surface area contributed by atoms with Crippen molar-refractivity contribution in [2.45, 2.75) is 24.8 Å². The molecule has 1 fully saturated rings. The van der Waals surface area contributed by atoms with Gasteiger partial charge in [-0.25, -0.2) is 4.98 Å². The number of methoxy groups -OCH3 is 1. The fraction of sp³-hybridized carbons (Fsp3) is 0.240. The van der Waals surface area contributed by atoms with E-state index in [0.717, 1.165) is 0 Å². The van der Waals surface area contributed by atoms with Gasteiger partial charge in [0.1, 0.15) is 18.0 Å².